The lowest BCUT2D eigenvalue weighted by Crippen LogP contribution is -2.22. The third kappa shape index (κ3) is 13.8. The number of rotatable bonds is 16. The van der Waals surface area contributed by atoms with Crippen LogP contribution in [-0.2, 0) is 0 Å². The fraction of sp³-hybridized carbons (Fsp3) is 1.00. The minimum absolute atomic E-state index is 0.0533. The van der Waals surface area contributed by atoms with Crippen LogP contribution < -0.4 is 0 Å². The Labute approximate surface area is 134 Å². The van der Waals surface area contributed by atoms with Crippen LogP contribution in [0, 0.1) is 20.2 Å². The molecule has 0 N–H and O–H groups in total. The zero-order chi connectivity index (χ0) is 16.6. The van der Waals surface area contributed by atoms with Crippen LogP contribution in [0.2, 0.25) is 0 Å². The molecule has 0 radical (unpaired) electrons. The first-order chi connectivity index (χ1) is 10.6. The highest BCUT2D eigenvalue weighted by Crippen LogP contribution is 2.14. The molecule has 0 aromatic heterocycles. The fourth-order valence-corrected chi connectivity index (χ4v) is 2.65. The molecule has 0 saturated heterocycles. The second-order valence-electron chi connectivity index (χ2n) is 6.11. The molecule has 0 aromatic rings. The minimum Gasteiger partial charge on any atom is -0.265 e. The molecule has 1 unspecified atom stereocenters. The molecule has 0 bridgehead atoms. The summed E-state index contributed by atoms with van der Waals surface area (Å²) in [6.45, 7) is 1.92. The largest absolute Gasteiger partial charge is 0.265 e. The van der Waals surface area contributed by atoms with E-state index < -0.39 is 11.0 Å². The number of hydrogen-bond acceptors (Lipinski definition) is 4. The van der Waals surface area contributed by atoms with E-state index in [1.165, 1.54) is 51.4 Å². The van der Waals surface area contributed by atoms with E-state index >= 15 is 0 Å². The van der Waals surface area contributed by atoms with Gasteiger partial charge in [0.05, 0.1) is 6.42 Å². The summed E-state index contributed by atoms with van der Waals surface area (Å²) in [7, 11) is 0. The molecule has 0 aromatic carbocycles. The Morgan fingerprint density at radius 1 is 0.727 bits per heavy atom. The molecular weight excluding hydrogens is 284 g/mol. The van der Waals surface area contributed by atoms with Crippen molar-refractivity contribution in [2.45, 2.75) is 96.4 Å². The van der Waals surface area contributed by atoms with Crippen molar-refractivity contribution < 1.29 is 9.85 Å². The molecule has 0 amide bonds. The maximum atomic E-state index is 10.8. The van der Waals surface area contributed by atoms with Gasteiger partial charge in [-0.05, 0) is 6.42 Å². The Morgan fingerprint density at radius 2 is 1.18 bits per heavy atom. The Bertz CT molecular complexity index is 298. The van der Waals surface area contributed by atoms with Crippen LogP contribution in [0.5, 0.6) is 0 Å². The van der Waals surface area contributed by atoms with Gasteiger partial charge in [0.1, 0.15) is 0 Å². The number of hydrogen-bond donors (Lipinski definition) is 0. The topological polar surface area (TPSA) is 86.3 Å². The zero-order valence-electron chi connectivity index (χ0n) is 14.0. The Balaban J connectivity index is 3.42. The van der Waals surface area contributed by atoms with Crippen molar-refractivity contribution in [3.05, 3.63) is 20.2 Å². The first kappa shape index (κ1) is 20.8. The maximum Gasteiger partial charge on any atom is 0.219 e. The van der Waals surface area contributed by atoms with E-state index in [1.54, 1.807) is 0 Å². The molecule has 0 saturated carbocycles. The standard InChI is InChI=1S/C16H32N2O4/c1-2-3-4-5-6-7-8-9-10-11-12-13-16(18(21)22)14-15-17(19)20/h16H,2-15H2,1H3. The normalized spacial score (nSPS) is 12.2. The van der Waals surface area contributed by atoms with Crippen molar-refractivity contribution in [2.24, 2.45) is 0 Å². The van der Waals surface area contributed by atoms with Gasteiger partial charge in [-0.15, -0.1) is 0 Å². The predicted molar refractivity (Wildman–Crippen MR) is 88.3 cm³/mol. The average molecular weight is 316 g/mol. The summed E-state index contributed by atoms with van der Waals surface area (Å²) >= 11 is 0. The van der Waals surface area contributed by atoms with Gasteiger partial charge in [0, 0.05) is 16.3 Å². The van der Waals surface area contributed by atoms with Gasteiger partial charge in [0.2, 0.25) is 12.6 Å². The lowest BCUT2D eigenvalue weighted by atomic mass is 10.0. The van der Waals surface area contributed by atoms with Crippen LogP contribution >= 0.6 is 0 Å². The van der Waals surface area contributed by atoms with E-state index in [2.05, 4.69) is 6.92 Å². The molecule has 0 aliphatic rings. The van der Waals surface area contributed by atoms with Crippen LogP contribution in [-0.4, -0.2) is 22.4 Å². The van der Waals surface area contributed by atoms with E-state index in [0.29, 0.717) is 6.42 Å². The molecule has 130 valence electrons. The molecule has 0 aliphatic carbocycles. The minimum atomic E-state index is -0.746. The van der Waals surface area contributed by atoms with Crippen LogP contribution in [0.25, 0.3) is 0 Å². The quantitative estimate of drug-likeness (QED) is 0.228. The molecule has 0 heterocycles. The highest BCUT2D eigenvalue weighted by Gasteiger charge is 2.21. The molecule has 0 fully saturated rings. The van der Waals surface area contributed by atoms with Gasteiger partial charge >= 0.3 is 0 Å². The van der Waals surface area contributed by atoms with Crippen molar-refractivity contribution in [2.75, 3.05) is 6.54 Å². The lowest BCUT2D eigenvalue weighted by molar-refractivity contribution is -0.542. The summed E-state index contributed by atoms with van der Waals surface area (Å²) in [5.41, 5.74) is 0. The van der Waals surface area contributed by atoms with Crippen LogP contribution in [0.1, 0.15) is 90.4 Å². The SMILES string of the molecule is CCCCCCCCCCCCCC(CC[N+](=O)[O-])[N+](=O)[O-]. The number of unbranched alkanes of at least 4 members (excludes halogenated alkanes) is 10. The third-order valence-electron chi connectivity index (χ3n) is 4.08. The zero-order valence-corrected chi connectivity index (χ0v) is 14.0. The molecule has 0 rings (SSSR count). The Hall–Kier alpha value is -1.20. The first-order valence-corrected chi connectivity index (χ1v) is 8.83. The summed E-state index contributed by atoms with van der Waals surface area (Å²) in [4.78, 5) is 20.2. The highest BCUT2D eigenvalue weighted by atomic mass is 16.6. The predicted octanol–water partition coefficient (Wildman–Crippen LogP) is 5.00. The molecule has 0 aliphatic heterocycles. The van der Waals surface area contributed by atoms with Gasteiger partial charge in [-0.25, -0.2) is 0 Å². The van der Waals surface area contributed by atoms with E-state index in [1.807, 2.05) is 0 Å². The van der Waals surface area contributed by atoms with Gasteiger partial charge in [-0.3, -0.25) is 20.2 Å². The van der Waals surface area contributed by atoms with E-state index in [0.717, 1.165) is 19.3 Å². The first-order valence-electron chi connectivity index (χ1n) is 8.83. The van der Waals surface area contributed by atoms with Crippen molar-refractivity contribution in [3.8, 4) is 0 Å². The monoisotopic (exact) mass is 316 g/mol. The molecule has 22 heavy (non-hydrogen) atoms. The van der Waals surface area contributed by atoms with Crippen molar-refractivity contribution in [1.82, 2.24) is 0 Å². The van der Waals surface area contributed by atoms with Gasteiger partial charge in [-0.2, -0.15) is 0 Å². The van der Waals surface area contributed by atoms with Crippen LogP contribution in [0.4, 0.5) is 0 Å². The number of nitro groups is 2. The molecule has 0 spiro atoms. The lowest BCUT2D eigenvalue weighted by Gasteiger charge is -2.07. The Kier molecular flexibility index (Phi) is 13.9. The van der Waals surface area contributed by atoms with Gasteiger partial charge < -0.3 is 0 Å². The van der Waals surface area contributed by atoms with E-state index in [9.17, 15) is 20.2 Å². The van der Waals surface area contributed by atoms with E-state index in [-0.39, 0.29) is 17.9 Å². The fourth-order valence-electron chi connectivity index (χ4n) is 2.65. The van der Waals surface area contributed by atoms with Crippen molar-refractivity contribution in [1.29, 1.82) is 0 Å². The molecule has 6 heteroatoms. The second kappa shape index (κ2) is 14.7. The smallest absolute Gasteiger partial charge is 0.219 e. The summed E-state index contributed by atoms with van der Waals surface area (Å²) in [6, 6.07) is -0.746. The summed E-state index contributed by atoms with van der Waals surface area (Å²) in [5, 5.41) is 21.1. The van der Waals surface area contributed by atoms with Crippen LogP contribution in [0.3, 0.4) is 0 Å². The molecule has 6 nitrogen and oxygen atoms in total. The number of nitrogens with zero attached hydrogens (tertiary/aromatic N) is 2. The second-order valence-corrected chi connectivity index (χ2v) is 6.11. The maximum absolute atomic E-state index is 10.8. The summed E-state index contributed by atoms with van der Waals surface area (Å²) in [6.07, 6.45) is 13.8. The van der Waals surface area contributed by atoms with Gasteiger partial charge in [0.25, 0.3) is 0 Å². The summed E-state index contributed by atoms with van der Waals surface area (Å²) < 4.78 is 0. The van der Waals surface area contributed by atoms with E-state index in [4.69, 9.17) is 0 Å². The van der Waals surface area contributed by atoms with Gasteiger partial charge in [0.15, 0.2) is 0 Å². The van der Waals surface area contributed by atoms with Crippen molar-refractivity contribution in [3.63, 3.8) is 0 Å². The molecular formula is C16H32N2O4. The average Bonchev–Trinajstić information content (AvgIpc) is 2.47. The molecule has 1 atom stereocenters. The Morgan fingerprint density at radius 3 is 1.59 bits per heavy atom. The third-order valence-corrected chi connectivity index (χ3v) is 4.08. The summed E-state index contributed by atoms with van der Waals surface area (Å²) in [5.74, 6) is 0. The van der Waals surface area contributed by atoms with Gasteiger partial charge in [-0.1, -0.05) is 71.1 Å². The van der Waals surface area contributed by atoms with Crippen LogP contribution in [0.15, 0.2) is 0 Å². The highest BCUT2D eigenvalue weighted by molar-refractivity contribution is 4.57. The van der Waals surface area contributed by atoms with Crippen molar-refractivity contribution >= 4 is 0 Å².